The molecule has 8 nitrogen and oxygen atoms in total. The molecule has 0 spiro atoms. The van der Waals surface area contributed by atoms with Gasteiger partial charge in [0.15, 0.2) is 6.04 Å². The first-order chi connectivity index (χ1) is 13.1. The SMILES string of the molecule is CC1=NN(c2cccc(C)c2)C(=O)C1N=Nc1cc(Cl)c(C)cc1S(=O)(=O)O. The summed E-state index contributed by atoms with van der Waals surface area (Å²) in [6, 6.07) is 8.73. The first-order valence-corrected chi connectivity index (χ1v) is 10.0. The van der Waals surface area contributed by atoms with Gasteiger partial charge in [0, 0.05) is 5.02 Å². The van der Waals surface area contributed by atoms with Gasteiger partial charge in [0.25, 0.3) is 16.0 Å². The monoisotopic (exact) mass is 420 g/mol. The van der Waals surface area contributed by atoms with Crippen LogP contribution in [0.4, 0.5) is 11.4 Å². The Morgan fingerprint density at radius 3 is 2.54 bits per heavy atom. The number of nitrogens with zero attached hydrogens (tertiary/aromatic N) is 4. The quantitative estimate of drug-likeness (QED) is 0.593. The number of carbonyl (C=O) groups is 1. The van der Waals surface area contributed by atoms with E-state index < -0.39 is 27.0 Å². The molecule has 1 aliphatic rings. The highest BCUT2D eigenvalue weighted by atomic mass is 35.5. The van der Waals surface area contributed by atoms with E-state index in [1.807, 2.05) is 25.1 Å². The van der Waals surface area contributed by atoms with Crippen LogP contribution in [0.3, 0.4) is 0 Å². The summed E-state index contributed by atoms with van der Waals surface area (Å²) in [5.41, 5.74) is 2.26. The molecular weight excluding hydrogens is 404 g/mol. The van der Waals surface area contributed by atoms with Crippen LogP contribution < -0.4 is 5.01 Å². The topological polar surface area (TPSA) is 112 Å². The Hall–Kier alpha value is -2.62. The van der Waals surface area contributed by atoms with Crippen molar-refractivity contribution in [3.05, 3.63) is 52.5 Å². The highest BCUT2D eigenvalue weighted by Gasteiger charge is 2.35. The second kappa shape index (κ2) is 7.42. The Balaban J connectivity index is 1.95. The van der Waals surface area contributed by atoms with Gasteiger partial charge < -0.3 is 0 Å². The second-order valence-electron chi connectivity index (χ2n) is 6.39. The summed E-state index contributed by atoms with van der Waals surface area (Å²) in [5, 5.41) is 13.6. The fraction of sp³-hybridized carbons (Fsp3) is 0.222. The van der Waals surface area contributed by atoms with E-state index in [1.54, 1.807) is 19.9 Å². The average molecular weight is 421 g/mol. The minimum atomic E-state index is -4.54. The third kappa shape index (κ3) is 3.96. The van der Waals surface area contributed by atoms with Gasteiger partial charge in [0.05, 0.1) is 11.4 Å². The minimum absolute atomic E-state index is 0.160. The molecule has 1 amide bonds. The second-order valence-corrected chi connectivity index (χ2v) is 8.19. The van der Waals surface area contributed by atoms with Crippen molar-refractivity contribution in [3.8, 4) is 0 Å². The molecule has 1 atom stereocenters. The molecule has 3 rings (SSSR count). The van der Waals surface area contributed by atoms with Crippen LogP contribution in [-0.2, 0) is 14.9 Å². The Labute approximate surface area is 167 Å². The summed E-state index contributed by atoms with van der Waals surface area (Å²) in [6.07, 6.45) is 0. The van der Waals surface area contributed by atoms with E-state index in [9.17, 15) is 17.8 Å². The highest BCUT2D eigenvalue weighted by Crippen LogP contribution is 2.32. The van der Waals surface area contributed by atoms with Crippen molar-refractivity contribution in [3.63, 3.8) is 0 Å². The summed E-state index contributed by atoms with van der Waals surface area (Å²) in [5.74, 6) is -0.418. The molecule has 0 saturated carbocycles. The fourth-order valence-corrected chi connectivity index (χ4v) is 3.53. The van der Waals surface area contributed by atoms with Crippen molar-refractivity contribution in [2.24, 2.45) is 15.3 Å². The molecule has 2 aromatic carbocycles. The van der Waals surface area contributed by atoms with Gasteiger partial charge in [0.1, 0.15) is 10.6 Å². The van der Waals surface area contributed by atoms with Gasteiger partial charge in [-0.1, -0.05) is 23.7 Å². The van der Waals surface area contributed by atoms with Gasteiger partial charge in [-0.15, -0.1) is 0 Å². The van der Waals surface area contributed by atoms with Crippen LogP contribution >= 0.6 is 11.6 Å². The van der Waals surface area contributed by atoms with Crippen LogP contribution in [0.2, 0.25) is 5.02 Å². The number of hydrazone groups is 1. The predicted molar refractivity (Wildman–Crippen MR) is 106 cm³/mol. The molecule has 0 saturated heterocycles. The molecule has 1 unspecified atom stereocenters. The van der Waals surface area contributed by atoms with Crippen LogP contribution in [0.5, 0.6) is 0 Å². The van der Waals surface area contributed by atoms with E-state index in [0.717, 1.165) is 5.56 Å². The molecule has 0 aliphatic carbocycles. The van der Waals surface area contributed by atoms with Crippen LogP contribution in [0, 0.1) is 13.8 Å². The Kier molecular flexibility index (Phi) is 5.33. The summed E-state index contributed by atoms with van der Waals surface area (Å²) in [4.78, 5) is 12.3. The number of hydrogen-bond donors (Lipinski definition) is 1. The number of rotatable bonds is 4. The van der Waals surface area contributed by atoms with E-state index in [2.05, 4.69) is 15.3 Å². The third-order valence-corrected chi connectivity index (χ3v) is 5.43. The minimum Gasteiger partial charge on any atom is -0.282 e. The Morgan fingerprint density at radius 1 is 1.18 bits per heavy atom. The van der Waals surface area contributed by atoms with Crippen molar-refractivity contribution in [1.29, 1.82) is 0 Å². The first-order valence-electron chi connectivity index (χ1n) is 8.22. The van der Waals surface area contributed by atoms with Gasteiger partial charge in [-0.2, -0.15) is 28.8 Å². The lowest BCUT2D eigenvalue weighted by Gasteiger charge is -2.13. The normalized spacial score (nSPS) is 17.5. The molecule has 1 heterocycles. The summed E-state index contributed by atoms with van der Waals surface area (Å²) < 4.78 is 32.7. The van der Waals surface area contributed by atoms with Gasteiger partial charge in [-0.05, 0) is 56.2 Å². The van der Waals surface area contributed by atoms with Crippen LogP contribution in [0.1, 0.15) is 18.1 Å². The summed E-state index contributed by atoms with van der Waals surface area (Å²) in [6.45, 7) is 5.12. The molecule has 1 aliphatic heterocycles. The average Bonchev–Trinajstić information content (AvgIpc) is 2.89. The maximum Gasteiger partial charge on any atom is 0.296 e. The van der Waals surface area contributed by atoms with E-state index in [-0.39, 0.29) is 10.7 Å². The molecule has 2 aromatic rings. The number of halogens is 1. The molecule has 0 radical (unpaired) electrons. The smallest absolute Gasteiger partial charge is 0.282 e. The number of azo groups is 1. The zero-order valence-electron chi connectivity index (χ0n) is 15.3. The Morgan fingerprint density at radius 2 is 1.89 bits per heavy atom. The highest BCUT2D eigenvalue weighted by molar-refractivity contribution is 7.86. The van der Waals surface area contributed by atoms with Gasteiger partial charge in [-0.25, -0.2) is 0 Å². The van der Waals surface area contributed by atoms with Crippen molar-refractivity contribution < 1.29 is 17.8 Å². The van der Waals surface area contributed by atoms with Gasteiger partial charge in [-0.3, -0.25) is 9.35 Å². The van der Waals surface area contributed by atoms with Gasteiger partial charge >= 0.3 is 0 Å². The maximum atomic E-state index is 12.7. The lowest BCUT2D eigenvalue weighted by Crippen LogP contribution is -2.29. The molecule has 10 heteroatoms. The molecule has 0 fully saturated rings. The van der Waals surface area contributed by atoms with E-state index in [0.29, 0.717) is 17.0 Å². The van der Waals surface area contributed by atoms with E-state index in [4.69, 9.17) is 11.6 Å². The fourth-order valence-electron chi connectivity index (χ4n) is 2.68. The first kappa shape index (κ1) is 20.1. The predicted octanol–water partition coefficient (Wildman–Crippen LogP) is 4.08. The standard InChI is InChI=1S/C18H17ClN4O4S/c1-10-5-4-6-13(7-10)23-18(24)17(12(3)22-23)21-20-15-9-14(19)11(2)8-16(15)28(25,26)27/h4-9,17H,1-3H3,(H,25,26,27). The molecular formula is C18H17ClN4O4S. The summed E-state index contributed by atoms with van der Waals surface area (Å²) >= 11 is 6.03. The van der Waals surface area contributed by atoms with Crippen molar-refractivity contribution in [2.45, 2.75) is 31.7 Å². The number of anilines is 1. The molecule has 1 N–H and O–H groups in total. The van der Waals surface area contributed by atoms with Crippen LogP contribution in [0.25, 0.3) is 0 Å². The Bertz CT molecular complexity index is 1130. The van der Waals surface area contributed by atoms with Crippen molar-refractivity contribution in [1.82, 2.24) is 0 Å². The number of carbonyl (C=O) groups excluding carboxylic acids is 1. The number of aryl methyl sites for hydroxylation is 2. The number of amides is 1. The lowest BCUT2D eigenvalue weighted by atomic mass is 10.2. The van der Waals surface area contributed by atoms with Crippen LogP contribution in [0.15, 0.2) is 56.6 Å². The van der Waals surface area contributed by atoms with Crippen molar-refractivity contribution >= 4 is 44.7 Å². The lowest BCUT2D eigenvalue weighted by molar-refractivity contribution is -0.117. The molecule has 146 valence electrons. The van der Waals surface area contributed by atoms with E-state index >= 15 is 0 Å². The number of benzene rings is 2. The zero-order valence-corrected chi connectivity index (χ0v) is 16.9. The molecule has 0 bridgehead atoms. The van der Waals surface area contributed by atoms with Gasteiger partial charge in [0.2, 0.25) is 0 Å². The largest absolute Gasteiger partial charge is 0.296 e. The molecule has 28 heavy (non-hydrogen) atoms. The van der Waals surface area contributed by atoms with E-state index in [1.165, 1.54) is 17.1 Å². The zero-order chi connectivity index (χ0) is 20.6. The van der Waals surface area contributed by atoms with Crippen molar-refractivity contribution in [2.75, 3.05) is 5.01 Å². The summed E-state index contributed by atoms with van der Waals surface area (Å²) in [7, 11) is -4.54. The number of hydrogen-bond acceptors (Lipinski definition) is 6. The molecule has 0 aromatic heterocycles. The van der Waals surface area contributed by atoms with Crippen LogP contribution in [-0.4, -0.2) is 30.6 Å². The third-order valence-electron chi connectivity index (χ3n) is 4.14. The maximum absolute atomic E-state index is 12.7.